The molecule has 0 amide bonds. The molecule has 1 heteroatoms. The summed E-state index contributed by atoms with van der Waals surface area (Å²) in [6, 6.07) is 0.762. The molecule has 2 unspecified atom stereocenters. The van der Waals surface area contributed by atoms with Crippen LogP contribution in [0.5, 0.6) is 0 Å². The largest absolute Gasteiger partial charge is 0.372 e. The van der Waals surface area contributed by atoms with Crippen LogP contribution < -0.4 is 0 Å². The first-order chi connectivity index (χ1) is 5.70. The van der Waals surface area contributed by atoms with Crippen molar-refractivity contribution in [3.05, 3.63) is 12.3 Å². The smallest absolute Gasteiger partial charge is 0.0313 e. The van der Waals surface area contributed by atoms with Crippen LogP contribution >= 0.6 is 0 Å². The molecular formula is C11H21N. The maximum absolute atomic E-state index is 4.13. The van der Waals surface area contributed by atoms with Crippen LogP contribution in [0.2, 0.25) is 0 Å². The number of nitrogens with zero attached hydrogens (tertiary/aromatic N) is 1. The summed E-state index contributed by atoms with van der Waals surface area (Å²) in [5, 5.41) is 0. The van der Waals surface area contributed by atoms with Crippen LogP contribution in [-0.2, 0) is 0 Å². The fourth-order valence-corrected chi connectivity index (χ4v) is 2.35. The zero-order valence-electron chi connectivity index (χ0n) is 8.64. The molecule has 12 heavy (non-hydrogen) atoms. The highest BCUT2D eigenvalue weighted by Gasteiger charge is 2.30. The van der Waals surface area contributed by atoms with Crippen LogP contribution in [0.15, 0.2) is 12.3 Å². The van der Waals surface area contributed by atoms with Gasteiger partial charge in [0.05, 0.1) is 0 Å². The monoisotopic (exact) mass is 167 g/mol. The first kappa shape index (κ1) is 9.63. The highest BCUT2D eigenvalue weighted by Crippen LogP contribution is 2.32. The van der Waals surface area contributed by atoms with Crippen LogP contribution in [0.25, 0.3) is 0 Å². The Morgan fingerprint density at radius 3 is 2.67 bits per heavy atom. The lowest BCUT2D eigenvalue weighted by Crippen LogP contribution is -2.30. The van der Waals surface area contributed by atoms with E-state index in [-0.39, 0.29) is 0 Å². The Bertz CT molecular complexity index is 162. The predicted molar refractivity (Wildman–Crippen MR) is 54.0 cm³/mol. The molecule has 1 rings (SSSR count). The molecule has 0 aromatic heterocycles. The van der Waals surface area contributed by atoms with E-state index < -0.39 is 0 Å². The van der Waals surface area contributed by atoms with Crippen molar-refractivity contribution in [1.29, 1.82) is 0 Å². The van der Waals surface area contributed by atoms with E-state index in [9.17, 15) is 0 Å². The molecule has 1 aliphatic rings. The van der Waals surface area contributed by atoms with Gasteiger partial charge in [0.15, 0.2) is 0 Å². The van der Waals surface area contributed by atoms with E-state index in [1.165, 1.54) is 31.5 Å². The zero-order chi connectivity index (χ0) is 9.14. The van der Waals surface area contributed by atoms with Gasteiger partial charge in [-0.1, -0.05) is 27.4 Å². The minimum absolute atomic E-state index is 0.762. The van der Waals surface area contributed by atoms with Crippen LogP contribution in [0.4, 0.5) is 0 Å². The van der Waals surface area contributed by atoms with E-state index in [1.807, 2.05) is 0 Å². The van der Waals surface area contributed by atoms with E-state index in [1.54, 1.807) is 0 Å². The molecule has 0 radical (unpaired) electrons. The predicted octanol–water partition coefficient (Wildman–Crippen LogP) is 3.03. The van der Waals surface area contributed by atoms with Gasteiger partial charge in [-0.15, -0.1) is 0 Å². The zero-order valence-corrected chi connectivity index (χ0v) is 8.64. The van der Waals surface area contributed by atoms with Crippen molar-refractivity contribution >= 4 is 0 Å². The van der Waals surface area contributed by atoms with Gasteiger partial charge in [0.25, 0.3) is 0 Å². The maximum atomic E-state index is 4.13. The highest BCUT2D eigenvalue weighted by atomic mass is 15.2. The third kappa shape index (κ3) is 1.65. The Hall–Kier alpha value is -0.460. The van der Waals surface area contributed by atoms with Gasteiger partial charge in [-0.2, -0.15) is 0 Å². The molecule has 0 aromatic rings. The van der Waals surface area contributed by atoms with E-state index in [4.69, 9.17) is 0 Å². The summed E-state index contributed by atoms with van der Waals surface area (Å²) in [5.41, 5.74) is 1.36. The first-order valence-corrected chi connectivity index (χ1v) is 5.15. The van der Waals surface area contributed by atoms with Crippen molar-refractivity contribution in [3.63, 3.8) is 0 Å². The van der Waals surface area contributed by atoms with Gasteiger partial charge >= 0.3 is 0 Å². The molecule has 0 spiro atoms. The number of allylic oxidation sites excluding steroid dienone is 1. The van der Waals surface area contributed by atoms with E-state index in [0.717, 1.165) is 12.0 Å². The lowest BCUT2D eigenvalue weighted by atomic mass is 10.0. The van der Waals surface area contributed by atoms with Gasteiger partial charge < -0.3 is 4.90 Å². The SMILES string of the molecule is C=C1CC(C)C(CC)N1CCC. The Morgan fingerprint density at radius 2 is 2.17 bits per heavy atom. The molecule has 70 valence electrons. The van der Waals surface area contributed by atoms with Gasteiger partial charge in [-0.25, -0.2) is 0 Å². The Kier molecular flexibility index (Phi) is 3.19. The maximum Gasteiger partial charge on any atom is 0.0313 e. The van der Waals surface area contributed by atoms with Gasteiger partial charge in [-0.05, 0) is 25.2 Å². The summed E-state index contributed by atoms with van der Waals surface area (Å²) < 4.78 is 0. The normalized spacial score (nSPS) is 29.9. The summed E-state index contributed by atoms with van der Waals surface area (Å²) in [5.74, 6) is 0.814. The second-order valence-corrected chi connectivity index (χ2v) is 3.92. The fraction of sp³-hybridized carbons (Fsp3) is 0.818. The molecule has 2 atom stereocenters. The summed E-state index contributed by atoms with van der Waals surface area (Å²) in [4.78, 5) is 2.50. The average molecular weight is 167 g/mol. The quantitative estimate of drug-likeness (QED) is 0.624. The van der Waals surface area contributed by atoms with Gasteiger partial charge in [0.1, 0.15) is 0 Å². The van der Waals surface area contributed by atoms with Gasteiger partial charge in [-0.3, -0.25) is 0 Å². The molecule has 1 aliphatic heterocycles. The topological polar surface area (TPSA) is 3.24 Å². The standard InChI is InChI=1S/C11H21N/c1-5-7-12-10(4)8-9(3)11(12)6-2/h9,11H,4-8H2,1-3H3. The number of hydrogen-bond acceptors (Lipinski definition) is 1. The van der Waals surface area contributed by atoms with Crippen molar-refractivity contribution in [2.45, 2.75) is 46.1 Å². The molecular weight excluding hydrogens is 146 g/mol. The summed E-state index contributed by atoms with van der Waals surface area (Å²) in [6.45, 7) is 12.2. The number of hydrogen-bond donors (Lipinski definition) is 0. The molecule has 1 heterocycles. The second kappa shape index (κ2) is 3.97. The Labute approximate surface area is 76.5 Å². The first-order valence-electron chi connectivity index (χ1n) is 5.15. The average Bonchev–Trinajstić information content (AvgIpc) is 2.28. The van der Waals surface area contributed by atoms with Gasteiger partial charge in [0, 0.05) is 18.3 Å². The van der Waals surface area contributed by atoms with Crippen molar-refractivity contribution < 1.29 is 0 Å². The molecule has 1 nitrogen and oxygen atoms in total. The van der Waals surface area contributed by atoms with Crippen LogP contribution in [-0.4, -0.2) is 17.5 Å². The van der Waals surface area contributed by atoms with Crippen molar-refractivity contribution in [3.8, 4) is 0 Å². The molecule has 1 saturated heterocycles. The molecule has 0 bridgehead atoms. The van der Waals surface area contributed by atoms with Crippen LogP contribution in [0.1, 0.15) is 40.0 Å². The number of rotatable bonds is 3. The van der Waals surface area contributed by atoms with Crippen LogP contribution in [0, 0.1) is 5.92 Å². The van der Waals surface area contributed by atoms with Crippen molar-refractivity contribution in [2.75, 3.05) is 6.54 Å². The minimum Gasteiger partial charge on any atom is -0.372 e. The molecule has 1 fully saturated rings. The Morgan fingerprint density at radius 1 is 1.50 bits per heavy atom. The molecule has 0 aliphatic carbocycles. The fourth-order valence-electron chi connectivity index (χ4n) is 2.35. The lowest BCUT2D eigenvalue weighted by molar-refractivity contribution is 0.253. The third-order valence-corrected chi connectivity index (χ3v) is 2.90. The second-order valence-electron chi connectivity index (χ2n) is 3.92. The lowest BCUT2D eigenvalue weighted by Gasteiger charge is -2.27. The summed E-state index contributed by atoms with van der Waals surface area (Å²) in [6.07, 6.45) is 3.71. The van der Waals surface area contributed by atoms with Crippen LogP contribution in [0.3, 0.4) is 0 Å². The molecule has 0 saturated carbocycles. The Balaban J connectivity index is 2.61. The third-order valence-electron chi connectivity index (χ3n) is 2.90. The van der Waals surface area contributed by atoms with Gasteiger partial charge in [0.2, 0.25) is 0 Å². The minimum atomic E-state index is 0.762. The van der Waals surface area contributed by atoms with E-state index in [0.29, 0.717) is 0 Å². The number of likely N-dealkylation sites (tertiary alicyclic amines) is 1. The summed E-state index contributed by atoms with van der Waals surface area (Å²) >= 11 is 0. The highest BCUT2D eigenvalue weighted by molar-refractivity contribution is 5.06. The summed E-state index contributed by atoms with van der Waals surface area (Å²) in [7, 11) is 0. The van der Waals surface area contributed by atoms with Crippen molar-refractivity contribution in [1.82, 2.24) is 4.90 Å². The molecule has 0 N–H and O–H groups in total. The van der Waals surface area contributed by atoms with E-state index >= 15 is 0 Å². The van der Waals surface area contributed by atoms with Crippen molar-refractivity contribution in [2.24, 2.45) is 5.92 Å². The molecule has 0 aromatic carbocycles. The van der Waals surface area contributed by atoms with E-state index in [2.05, 4.69) is 32.3 Å².